The molecule has 6 aliphatic rings. The summed E-state index contributed by atoms with van der Waals surface area (Å²) in [6, 6.07) is 0. The number of carbonyl (C=O) groups excluding carboxylic acids is 2. The van der Waals surface area contributed by atoms with E-state index in [9.17, 15) is 19.8 Å². The molecule has 26 heavy (non-hydrogen) atoms. The summed E-state index contributed by atoms with van der Waals surface area (Å²) in [6.07, 6.45) is 16.5. The summed E-state index contributed by atoms with van der Waals surface area (Å²) in [6.45, 7) is 0. The largest absolute Gasteiger partial charge is 0.389 e. The average Bonchev–Trinajstić information content (AvgIpc) is 3.41. The maximum absolute atomic E-state index is 11.5. The summed E-state index contributed by atoms with van der Waals surface area (Å²) >= 11 is 0. The van der Waals surface area contributed by atoms with Crippen LogP contribution >= 0.6 is 0 Å². The van der Waals surface area contributed by atoms with Crippen molar-refractivity contribution in [1.29, 1.82) is 0 Å². The van der Waals surface area contributed by atoms with Crippen molar-refractivity contribution in [2.24, 2.45) is 47.3 Å². The predicted octanol–water partition coefficient (Wildman–Crippen LogP) is 1.85. The van der Waals surface area contributed by atoms with E-state index in [1.807, 2.05) is 0 Å². The monoisotopic (exact) mass is 352 g/mol. The Kier molecular flexibility index (Phi) is 3.70. The Morgan fingerprint density at radius 3 is 1.46 bits per heavy atom. The van der Waals surface area contributed by atoms with Crippen molar-refractivity contribution in [3.8, 4) is 0 Å². The van der Waals surface area contributed by atoms with E-state index in [0.717, 1.165) is 12.8 Å². The Morgan fingerprint density at radius 2 is 1.00 bits per heavy atom. The van der Waals surface area contributed by atoms with E-state index in [0.29, 0.717) is 23.7 Å². The van der Waals surface area contributed by atoms with Crippen LogP contribution < -0.4 is 0 Å². The topological polar surface area (TPSA) is 74.6 Å². The highest BCUT2D eigenvalue weighted by atomic mass is 16.3. The van der Waals surface area contributed by atoms with E-state index in [1.54, 1.807) is 12.2 Å². The lowest BCUT2D eigenvalue weighted by Gasteiger charge is -2.36. The standard InChI is InChI=1S/C11H14O2.C11H10O2/c2*12-8-3-4-9(13)11-7-2-1-6(5-7)10(8)11/h1-4,6-13H,5H2;1-4,6-7,10-11H,5H2/t6-,7+,8+,9-,10+,11-;6-,7+,10+,11-. The zero-order valence-electron chi connectivity index (χ0n) is 14.5. The third kappa shape index (κ3) is 2.28. The lowest BCUT2D eigenvalue weighted by molar-refractivity contribution is -0.129. The Morgan fingerprint density at radius 1 is 0.615 bits per heavy atom. The number of hydrogen-bond donors (Lipinski definition) is 2. The van der Waals surface area contributed by atoms with Gasteiger partial charge >= 0.3 is 0 Å². The number of aliphatic hydroxyl groups is 2. The molecule has 2 saturated carbocycles. The fraction of sp³-hybridized carbons (Fsp3) is 0.545. The molecule has 0 unspecified atom stereocenters. The molecule has 0 aromatic carbocycles. The highest BCUT2D eigenvalue weighted by molar-refractivity contribution is 6.08. The predicted molar refractivity (Wildman–Crippen MR) is 95.7 cm³/mol. The maximum Gasteiger partial charge on any atom is 0.160 e. The molecule has 4 heteroatoms. The SMILES string of the molecule is O=C1C=CC(=O)[C@H]2[C@@H]1[C@H]1C=C[C@@H]2C1.O[C@@H]1C=C[C@H](O)[C@H]2[C@@H]1[C@H]1C=C[C@@H]2C1. The summed E-state index contributed by atoms with van der Waals surface area (Å²) in [5, 5.41) is 19.6. The van der Waals surface area contributed by atoms with Gasteiger partial charge in [0.25, 0.3) is 0 Å². The molecule has 0 spiro atoms. The van der Waals surface area contributed by atoms with Gasteiger partial charge in [-0.2, -0.15) is 0 Å². The van der Waals surface area contributed by atoms with Crippen LogP contribution in [-0.4, -0.2) is 34.0 Å². The molecule has 0 amide bonds. The van der Waals surface area contributed by atoms with E-state index in [4.69, 9.17) is 0 Å². The lowest BCUT2D eigenvalue weighted by Crippen LogP contribution is -2.39. The molecule has 10 atom stereocenters. The first-order chi connectivity index (χ1) is 12.5. The number of allylic oxidation sites excluding steroid dienone is 6. The third-order valence-corrected chi connectivity index (χ3v) is 7.41. The van der Waals surface area contributed by atoms with Crippen molar-refractivity contribution in [1.82, 2.24) is 0 Å². The molecule has 4 bridgehead atoms. The van der Waals surface area contributed by atoms with Crippen LogP contribution in [0.3, 0.4) is 0 Å². The van der Waals surface area contributed by atoms with Crippen LogP contribution in [0.5, 0.6) is 0 Å². The van der Waals surface area contributed by atoms with Crippen molar-refractivity contribution < 1.29 is 19.8 Å². The van der Waals surface area contributed by atoms with Crippen molar-refractivity contribution in [2.75, 3.05) is 0 Å². The van der Waals surface area contributed by atoms with Crippen LogP contribution in [0.15, 0.2) is 48.6 Å². The molecule has 6 aliphatic carbocycles. The van der Waals surface area contributed by atoms with Crippen LogP contribution in [0.1, 0.15) is 12.8 Å². The second kappa shape index (κ2) is 5.86. The minimum absolute atomic E-state index is 0.0208. The van der Waals surface area contributed by atoms with E-state index < -0.39 is 0 Å². The van der Waals surface area contributed by atoms with Gasteiger partial charge in [0, 0.05) is 23.7 Å². The number of rotatable bonds is 0. The molecule has 0 saturated heterocycles. The quantitative estimate of drug-likeness (QED) is 0.653. The molecule has 136 valence electrons. The normalized spacial score (nSPS) is 51.5. The molecule has 0 radical (unpaired) electrons. The van der Waals surface area contributed by atoms with Crippen LogP contribution in [-0.2, 0) is 9.59 Å². The summed E-state index contributed by atoms with van der Waals surface area (Å²) in [5.41, 5.74) is 0. The zero-order chi connectivity index (χ0) is 18.0. The summed E-state index contributed by atoms with van der Waals surface area (Å²) in [4.78, 5) is 23.1. The number of ketones is 2. The highest BCUT2D eigenvalue weighted by Crippen LogP contribution is 2.52. The second-order valence-electron chi connectivity index (χ2n) is 8.61. The van der Waals surface area contributed by atoms with Gasteiger partial charge in [-0.25, -0.2) is 0 Å². The van der Waals surface area contributed by atoms with Gasteiger partial charge in [-0.05, 0) is 48.7 Å². The van der Waals surface area contributed by atoms with Gasteiger partial charge in [-0.1, -0.05) is 36.5 Å². The van der Waals surface area contributed by atoms with Crippen molar-refractivity contribution in [3.63, 3.8) is 0 Å². The fourth-order valence-electron chi connectivity index (χ4n) is 6.33. The van der Waals surface area contributed by atoms with Crippen molar-refractivity contribution >= 4 is 11.6 Å². The van der Waals surface area contributed by atoms with Crippen LogP contribution in [0.4, 0.5) is 0 Å². The van der Waals surface area contributed by atoms with Gasteiger partial charge in [0.1, 0.15) is 0 Å². The van der Waals surface area contributed by atoms with E-state index in [1.165, 1.54) is 12.2 Å². The molecule has 0 heterocycles. The molecule has 2 N–H and O–H groups in total. The van der Waals surface area contributed by atoms with Crippen LogP contribution in [0, 0.1) is 47.3 Å². The Bertz CT molecular complexity index is 702. The summed E-state index contributed by atoms with van der Waals surface area (Å²) < 4.78 is 0. The molecule has 0 aliphatic heterocycles. The zero-order valence-corrected chi connectivity index (χ0v) is 14.5. The van der Waals surface area contributed by atoms with Crippen LogP contribution in [0.25, 0.3) is 0 Å². The first-order valence-corrected chi connectivity index (χ1v) is 9.71. The number of aliphatic hydroxyl groups excluding tert-OH is 2. The molecule has 6 rings (SSSR count). The minimum Gasteiger partial charge on any atom is -0.389 e. The number of fused-ring (bicyclic) bond motifs is 10. The van der Waals surface area contributed by atoms with Crippen molar-refractivity contribution in [3.05, 3.63) is 48.6 Å². The fourth-order valence-corrected chi connectivity index (χ4v) is 6.33. The Hall–Kier alpha value is -1.78. The van der Waals surface area contributed by atoms with E-state index >= 15 is 0 Å². The minimum atomic E-state index is -0.339. The molecule has 4 nitrogen and oxygen atoms in total. The van der Waals surface area contributed by atoms with E-state index in [2.05, 4.69) is 24.3 Å². The first kappa shape index (κ1) is 16.4. The highest BCUT2D eigenvalue weighted by Gasteiger charge is 2.52. The maximum atomic E-state index is 11.5. The number of hydrogen-bond acceptors (Lipinski definition) is 4. The molecular formula is C22H24O4. The summed E-state index contributed by atoms with van der Waals surface area (Å²) in [7, 11) is 0. The smallest absolute Gasteiger partial charge is 0.160 e. The lowest BCUT2D eigenvalue weighted by atomic mass is 9.73. The number of carbonyl (C=O) groups is 2. The molecular weight excluding hydrogens is 328 g/mol. The Balaban J connectivity index is 0.000000115. The van der Waals surface area contributed by atoms with E-state index in [-0.39, 0.29) is 47.4 Å². The third-order valence-electron chi connectivity index (χ3n) is 7.41. The van der Waals surface area contributed by atoms with Gasteiger partial charge < -0.3 is 10.2 Å². The molecule has 0 aromatic rings. The molecule has 0 aromatic heterocycles. The average molecular weight is 352 g/mol. The summed E-state index contributed by atoms with van der Waals surface area (Å²) in [5.74, 6) is 2.51. The van der Waals surface area contributed by atoms with Gasteiger partial charge in [0.2, 0.25) is 0 Å². The Labute approximate surface area is 153 Å². The second-order valence-corrected chi connectivity index (χ2v) is 8.61. The van der Waals surface area contributed by atoms with Crippen LogP contribution in [0.2, 0.25) is 0 Å². The first-order valence-electron chi connectivity index (χ1n) is 9.71. The van der Waals surface area contributed by atoms with Gasteiger partial charge in [-0.15, -0.1) is 0 Å². The van der Waals surface area contributed by atoms with Gasteiger partial charge in [-0.3, -0.25) is 9.59 Å². The van der Waals surface area contributed by atoms with Crippen molar-refractivity contribution in [2.45, 2.75) is 25.0 Å². The van der Waals surface area contributed by atoms with Gasteiger partial charge in [0.15, 0.2) is 11.6 Å². The molecule has 2 fully saturated rings. The van der Waals surface area contributed by atoms with Gasteiger partial charge in [0.05, 0.1) is 12.2 Å².